The minimum absolute atomic E-state index is 0.299. The summed E-state index contributed by atoms with van der Waals surface area (Å²) in [5.74, 6) is -0.631. The highest BCUT2D eigenvalue weighted by molar-refractivity contribution is 7.22. The SMILES string of the molecule is O=C(Nc1ccc2nc(NC(=O)c3ccccc3Cl)sc2c1)c1ccccc1Cl. The van der Waals surface area contributed by atoms with Crippen molar-refractivity contribution >= 4 is 67.4 Å². The number of benzene rings is 3. The molecule has 0 fully saturated rings. The molecule has 0 saturated carbocycles. The summed E-state index contributed by atoms with van der Waals surface area (Å²) in [6.07, 6.45) is 0. The van der Waals surface area contributed by atoms with Gasteiger partial charge in [0.1, 0.15) is 0 Å². The van der Waals surface area contributed by atoms with Gasteiger partial charge in [-0.1, -0.05) is 58.8 Å². The van der Waals surface area contributed by atoms with Crippen LogP contribution in [0.4, 0.5) is 10.8 Å². The molecule has 4 aromatic rings. The van der Waals surface area contributed by atoms with E-state index in [0.717, 1.165) is 4.70 Å². The maximum absolute atomic E-state index is 12.4. The van der Waals surface area contributed by atoms with E-state index in [1.54, 1.807) is 66.7 Å². The van der Waals surface area contributed by atoms with E-state index in [-0.39, 0.29) is 11.8 Å². The molecular formula is C21H13Cl2N3O2S. The second kappa shape index (κ2) is 8.21. The number of nitrogens with one attached hydrogen (secondary N) is 2. The van der Waals surface area contributed by atoms with Crippen LogP contribution in [0, 0.1) is 0 Å². The van der Waals surface area contributed by atoms with E-state index in [1.165, 1.54) is 11.3 Å². The predicted molar refractivity (Wildman–Crippen MR) is 118 cm³/mol. The summed E-state index contributed by atoms with van der Waals surface area (Å²) in [5.41, 5.74) is 2.09. The molecule has 0 atom stereocenters. The maximum Gasteiger partial charge on any atom is 0.258 e. The molecule has 0 saturated heterocycles. The van der Waals surface area contributed by atoms with E-state index in [0.29, 0.717) is 37.5 Å². The Hall–Kier alpha value is -2.93. The van der Waals surface area contributed by atoms with Crippen molar-refractivity contribution in [2.24, 2.45) is 0 Å². The number of nitrogens with zero attached hydrogens (tertiary/aromatic N) is 1. The Morgan fingerprint density at radius 2 is 1.38 bits per heavy atom. The number of aromatic nitrogens is 1. The average molecular weight is 442 g/mol. The van der Waals surface area contributed by atoms with E-state index in [1.807, 2.05) is 0 Å². The number of hydrogen-bond acceptors (Lipinski definition) is 4. The van der Waals surface area contributed by atoms with Crippen molar-refractivity contribution in [1.82, 2.24) is 4.98 Å². The molecule has 1 heterocycles. The molecule has 144 valence electrons. The Labute approximate surface area is 180 Å². The molecule has 29 heavy (non-hydrogen) atoms. The lowest BCUT2D eigenvalue weighted by Gasteiger charge is -2.06. The highest BCUT2D eigenvalue weighted by Gasteiger charge is 2.14. The number of carbonyl (C=O) groups excluding carboxylic acids is 2. The van der Waals surface area contributed by atoms with Crippen molar-refractivity contribution in [2.45, 2.75) is 0 Å². The molecule has 2 N–H and O–H groups in total. The molecule has 0 aliphatic rings. The van der Waals surface area contributed by atoms with Crippen molar-refractivity contribution in [2.75, 3.05) is 10.6 Å². The van der Waals surface area contributed by atoms with E-state index in [9.17, 15) is 9.59 Å². The van der Waals surface area contributed by atoms with Gasteiger partial charge in [0.15, 0.2) is 5.13 Å². The highest BCUT2D eigenvalue weighted by Crippen LogP contribution is 2.29. The molecule has 1 aromatic heterocycles. The van der Waals surface area contributed by atoms with E-state index in [4.69, 9.17) is 23.2 Å². The lowest BCUT2D eigenvalue weighted by Crippen LogP contribution is -2.12. The lowest BCUT2D eigenvalue weighted by molar-refractivity contribution is 0.101. The maximum atomic E-state index is 12.4. The highest BCUT2D eigenvalue weighted by atomic mass is 35.5. The Kier molecular flexibility index (Phi) is 5.49. The fourth-order valence-corrected chi connectivity index (χ4v) is 4.05. The first kappa shape index (κ1) is 19.4. The Morgan fingerprint density at radius 1 is 0.793 bits per heavy atom. The molecule has 0 radical (unpaired) electrons. The van der Waals surface area contributed by atoms with Crippen molar-refractivity contribution < 1.29 is 9.59 Å². The van der Waals surface area contributed by atoms with Crippen molar-refractivity contribution in [3.8, 4) is 0 Å². The van der Waals surface area contributed by atoms with Crippen molar-refractivity contribution in [3.63, 3.8) is 0 Å². The monoisotopic (exact) mass is 441 g/mol. The minimum Gasteiger partial charge on any atom is -0.322 e. The van der Waals surface area contributed by atoms with Gasteiger partial charge < -0.3 is 5.32 Å². The third-order valence-electron chi connectivity index (χ3n) is 4.10. The van der Waals surface area contributed by atoms with Gasteiger partial charge in [0.2, 0.25) is 0 Å². The van der Waals surface area contributed by atoms with E-state index in [2.05, 4.69) is 15.6 Å². The van der Waals surface area contributed by atoms with Crippen LogP contribution < -0.4 is 10.6 Å². The summed E-state index contributed by atoms with van der Waals surface area (Å²) in [6.45, 7) is 0. The van der Waals surface area contributed by atoms with Gasteiger partial charge in [-0.25, -0.2) is 4.98 Å². The second-order valence-corrected chi connectivity index (χ2v) is 7.91. The van der Waals surface area contributed by atoms with Gasteiger partial charge in [-0.2, -0.15) is 0 Å². The number of thiazole rings is 1. The number of hydrogen-bond donors (Lipinski definition) is 2. The molecule has 5 nitrogen and oxygen atoms in total. The summed E-state index contributed by atoms with van der Waals surface area (Å²) >= 11 is 13.4. The van der Waals surface area contributed by atoms with Gasteiger partial charge in [-0.3, -0.25) is 14.9 Å². The second-order valence-electron chi connectivity index (χ2n) is 6.07. The summed E-state index contributed by atoms with van der Waals surface area (Å²) in [4.78, 5) is 29.3. The standard InChI is InChI=1S/C21H13Cl2N3O2S/c22-15-7-3-1-5-13(15)19(27)24-12-9-10-17-18(11-12)29-21(25-17)26-20(28)14-6-2-4-8-16(14)23/h1-11H,(H,24,27)(H,25,26,28). The zero-order chi connectivity index (χ0) is 20.4. The average Bonchev–Trinajstić information content (AvgIpc) is 3.10. The van der Waals surface area contributed by atoms with Gasteiger partial charge in [0.25, 0.3) is 11.8 Å². The van der Waals surface area contributed by atoms with Gasteiger partial charge in [0.05, 0.1) is 31.4 Å². The van der Waals surface area contributed by atoms with E-state index < -0.39 is 0 Å². The summed E-state index contributed by atoms with van der Waals surface area (Å²) < 4.78 is 0.816. The van der Waals surface area contributed by atoms with Crippen molar-refractivity contribution in [1.29, 1.82) is 0 Å². The first-order chi connectivity index (χ1) is 14.0. The van der Waals surface area contributed by atoms with Gasteiger partial charge >= 0.3 is 0 Å². The van der Waals surface area contributed by atoms with Crippen LogP contribution in [0.2, 0.25) is 10.0 Å². The normalized spacial score (nSPS) is 10.7. The van der Waals surface area contributed by atoms with Crippen molar-refractivity contribution in [3.05, 3.63) is 87.9 Å². The molecule has 2 amide bonds. The topological polar surface area (TPSA) is 71.1 Å². The van der Waals surface area contributed by atoms with Crippen LogP contribution in [0.15, 0.2) is 66.7 Å². The fourth-order valence-electron chi connectivity index (χ4n) is 2.71. The number of fused-ring (bicyclic) bond motifs is 1. The first-order valence-electron chi connectivity index (χ1n) is 8.53. The van der Waals surface area contributed by atoms with Gasteiger partial charge in [0, 0.05) is 5.69 Å². The third-order valence-corrected chi connectivity index (χ3v) is 5.70. The summed E-state index contributed by atoms with van der Waals surface area (Å²) in [6, 6.07) is 19.0. The molecule has 0 bridgehead atoms. The Morgan fingerprint density at radius 3 is 2.00 bits per heavy atom. The smallest absolute Gasteiger partial charge is 0.258 e. The molecule has 4 rings (SSSR count). The number of anilines is 2. The molecular weight excluding hydrogens is 429 g/mol. The van der Waals surface area contributed by atoms with Crippen LogP contribution in [0.3, 0.4) is 0 Å². The Balaban J connectivity index is 1.53. The fraction of sp³-hybridized carbons (Fsp3) is 0. The molecule has 0 aliphatic carbocycles. The Bertz CT molecular complexity index is 1180. The largest absolute Gasteiger partial charge is 0.322 e. The summed E-state index contributed by atoms with van der Waals surface area (Å²) in [7, 11) is 0. The number of rotatable bonds is 4. The van der Waals surface area contributed by atoms with Crippen LogP contribution in [0.5, 0.6) is 0 Å². The molecule has 0 aliphatic heterocycles. The van der Waals surface area contributed by atoms with E-state index >= 15 is 0 Å². The van der Waals surface area contributed by atoms with Gasteiger partial charge in [-0.15, -0.1) is 0 Å². The molecule has 8 heteroatoms. The quantitative estimate of drug-likeness (QED) is 0.401. The predicted octanol–water partition coefficient (Wildman–Crippen LogP) is 6.11. The molecule has 3 aromatic carbocycles. The third kappa shape index (κ3) is 4.24. The van der Waals surface area contributed by atoms with Crippen LogP contribution in [0.1, 0.15) is 20.7 Å². The number of amides is 2. The number of carbonyl (C=O) groups is 2. The zero-order valence-electron chi connectivity index (χ0n) is 14.8. The van der Waals surface area contributed by atoms with Crippen LogP contribution in [-0.4, -0.2) is 16.8 Å². The van der Waals surface area contributed by atoms with Crippen LogP contribution in [0.25, 0.3) is 10.2 Å². The zero-order valence-corrected chi connectivity index (χ0v) is 17.1. The first-order valence-corrected chi connectivity index (χ1v) is 10.1. The minimum atomic E-state index is -0.332. The summed E-state index contributed by atoms with van der Waals surface area (Å²) in [5, 5.41) is 6.78. The molecule has 0 unspecified atom stereocenters. The lowest BCUT2D eigenvalue weighted by atomic mass is 10.2. The van der Waals surface area contributed by atoms with Crippen LogP contribution >= 0.6 is 34.5 Å². The number of halogens is 2. The molecule has 0 spiro atoms. The van der Waals surface area contributed by atoms with Crippen LogP contribution in [-0.2, 0) is 0 Å². The van der Waals surface area contributed by atoms with Gasteiger partial charge in [-0.05, 0) is 42.5 Å².